The highest BCUT2D eigenvalue weighted by Gasteiger charge is 2.05. The van der Waals surface area contributed by atoms with Crippen molar-refractivity contribution in [2.75, 3.05) is 0 Å². The van der Waals surface area contributed by atoms with E-state index in [1.165, 1.54) is 0 Å². The minimum atomic E-state index is -0.161. The molecule has 0 atom stereocenters. The lowest BCUT2D eigenvalue weighted by molar-refractivity contribution is 0.627. The first kappa shape index (κ1) is 8.30. The lowest BCUT2D eigenvalue weighted by Crippen LogP contribution is -1.90. The summed E-state index contributed by atoms with van der Waals surface area (Å²) in [6.07, 6.45) is 0. The van der Waals surface area contributed by atoms with Crippen LogP contribution in [0.2, 0.25) is 0 Å². The molecule has 1 aromatic heterocycles. The van der Waals surface area contributed by atoms with Crippen LogP contribution in [0.5, 0.6) is 0 Å². The van der Waals surface area contributed by atoms with E-state index < -0.39 is 0 Å². The van der Waals surface area contributed by atoms with Crippen LogP contribution in [0.15, 0.2) is 18.2 Å². The Labute approximate surface area is 76.8 Å². The van der Waals surface area contributed by atoms with Gasteiger partial charge >= 0.3 is 0 Å². The number of aryl methyl sites for hydroxylation is 3. The first-order valence-corrected chi connectivity index (χ1v) is 4.32. The number of halogens is 1. The lowest BCUT2D eigenvalue weighted by Gasteiger charge is -2.00. The van der Waals surface area contributed by atoms with Crippen LogP contribution in [0.1, 0.15) is 11.3 Å². The Morgan fingerprint density at radius 2 is 1.85 bits per heavy atom. The van der Waals surface area contributed by atoms with Crippen LogP contribution >= 0.6 is 0 Å². The van der Waals surface area contributed by atoms with Crippen LogP contribution in [-0.4, -0.2) is 4.57 Å². The van der Waals surface area contributed by atoms with E-state index in [9.17, 15) is 4.39 Å². The van der Waals surface area contributed by atoms with Crippen molar-refractivity contribution in [1.82, 2.24) is 4.57 Å². The Balaban J connectivity index is 2.94. The van der Waals surface area contributed by atoms with Gasteiger partial charge in [0.15, 0.2) is 0 Å². The van der Waals surface area contributed by atoms with Crippen LogP contribution in [-0.2, 0) is 7.05 Å². The summed E-state index contributed by atoms with van der Waals surface area (Å²) in [6, 6.07) is 5.24. The van der Waals surface area contributed by atoms with Gasteiger partial charge in [-0.1, -0.05) is 0 Å². The first-order valence-electron chi connectivity index (χ1n) is 4.32. The number of benzene rings is 1. The molecular weight excluding hydrogens is 165 g/mol. The highest BCUT2D eigenvalue weighted by atomic mass is 19.1. The number of hydrogen-bond donors (Lipinski definition) is 0. The topological polar surface area (TPSA) is 4.93 Å². The van der Waals surface area contributed by atoms with Gasteiger partial charge < -0.3 is 4.57 Å². The Bertz CT molecular complexity index is 468. The second-order valence-electron chi connectivity index (χ2n) is 3.50. The van der Waals surface area contributed by atoms with Crippen molar-refractivity contribution in [1.29, 1.82) is 0 Å². The van der Waals surface area contributed by atoms with Crippen LogP contribution < -0.4 is 0 Å². The summed E-state index contributed by atoms with van der Waals surface area (Å²) in [7, 11) is 1.95. The fourth-order valence-corrected chi connectivity index (χ4v) is 1.70. The van der Waals surface area contributed by atoms with Gasteiger partial charge in [-0.2, -0.15) is 0 Å². The molecule has 2 heteroatoms. The molecule has 0 aliphatic rings. The average molecular weight is 177 g/mol. The molecule has 0 saturated carbocycles. The fraction of sp³-hybridized carbons (Fsp3) is 0.273. The van der Waals surface area contributed by atoms with Gasteiger partial charge in [0, 0.05) is 18.1 Å². The molecule has 2 aromatic rings. The minimum Gasteiger partial charge on any atom is -0.348 e. The molecule has 0 unspecified atom stereocenters. The van der Waals surface area contributed by atoms with Crippen LogP contribution in [0.3, 0.4) is 0 Å². The number of rotatable bonds is 0. The summed E-state index contributed by atoms with van der Waals surface area (Å²) in [5.74, 6) is -0.161. The number of fused-ring (bicyclic) bond motifs is 1. The Hall–Kier alpha value is -1.31. The molecule has 0 N–H and O–H groups in total. The van der Waals surface area contributed by atoms with Crippen LogP contribution in [0, 0.1) is 19.7 Å². The third-order valence-corrected chi connectivity index (χ3v) is 2.57. The normalized spacial score (nSPS) is 11.1. The number of hydrogen-bond acceptors (Lipinski definition) is 0. The molecule has 0 fully saturated rings. The van der Waals surface area contributed by atoms with Crippen molar-refractivity contribution in [3.05, 3.63) is 35.3 Å². The van der Waals surface area contributed by atoms with Gasteiger partial charge in [0.05, 0.1) is 5.52 Å². The molecule has 0 aliphatic carbocycles. The van der Waals surface area contributed by atoms with Crippen molar-refractivity contribution < 1.29 is 4.39 Å². The third kappa shape index (κ3) is 1.13. The van der Waals surface area contributed by atoms with Gasteiger partial charge in [0.25, 0.3) is 0 Å². The monoisotopic (exact) mass is 177 g/mol. The molecule has 0 spiro atoms. The van der Waals surface area contributed by atoms with Crippen molar-refractivity contribution in [3.8, 4) is 0 Å². The van der Waals surface area contributed by atoms with E-state index in [1.54, 1.807) is 12.1 Å². The van der Waals surface area contributed by atoms with E-state index in [-0.39, 0.29) is 5.82 Å². The van der Waals surface area contributed by atoms with Crippen molar-refractivity contribution in [2.24, 2.45) is 7.05 Å². The van der Waals surface area contributed by atoms with E-state index in [1.807, 2.05) is 25.5 Å². The summed E-state index contributed by atoms with van der Waals surface area (Å²) < 4.78 is 15.1. The highest BCUT2D eigenvalue weighted by molar-refractivity contribution is 5.84. The Morgan fingerprint density at radius 3 is 2.54 bits per heavy atom. The first-order chi connectivity index (χ1) is 6.09. The zero-order valence-corrected chi connectivity index (χ0v) is 8.06. The Kier molecular flexibility index (Phi) is 1.65. The zero-order chi connectivity index (χ0) is 9.59. The summed E-state index contributed by atoms with van der Waals surface area (Å²) in [4.78, 5) is 0. The van der Waals surface area contributed by atoms with Crippen molar-refractivity contribution in [2.45, 2.75) is 13.8 Å². The number of nitrogens with zero attached hydrogens (tertiary/aromatic N) is 1. The fourth-order valence-electron chi connectivity index (χ4n) is 1.70. The maximum atomic E-state index is 13.1. The molecule has 1 aromatic carbocycles. The van der Waals surface area contributed by atoms with Gasteiger partial charge in [-0.3, -0.25) is 0 Å². The highest BCUT2D eigenvalue weighted by Crippen LogP contribution is 2.22. The van der Waals surface area contributed by atoms with E-state index in [2.05, 4.69) is 6.07 Å². The summed E-state index contributed by atoms with van der Waals surface area (Å²) in [5.41, 5.74) is 3.12. The summed E-state index contributed by atoms with van der Waals surface area (Å²) in [6.45, 7) is 3.96. The second kappa shape index (κ2) is 2.59. The van der Waals surface area contributed by atoms with E-state index in [0.717, 1.165) is 22.2 Å². The summed E-state index contributed by atoms with van der Waals surface area (Å²) in [5, 5.41) is 1.14. The van der Waals surface area contributed by atoms with Gasteiger partial charge in [0.1, 0.15) is 5.82 Å². The SMILES string of the molecule is Cc1cc(F)cc2c1cc(C)n2C. The smallest absolute Gasteiger partial charge is 0.125 e. The summed E-state index contributed by atoms with van der Waals surface area (Å²) >= 11 is 0. The van der Waals surface area contributed by atoms with E-state index in [4.69, 9.17) is 0 Å². The van der Waals surface area contributed by atoms with Gasteiger partial charge in [-0.15, -0.1) is 0 Å². The molecule has 0 saturated heterocycles. The molecule has 2 rings (SSSR count). The molecule has 0 bridgehead atoms. The molecule has 68 valence electrons. The zero-order valence-electron chi connectivity index (χ0n) is 8.06. The van der Waals surface area contributed by atoms with E-state index >= 15 is 0 Å². The third-order valence-electron chi connectivity index (χ3n) is 2.57. The molecular formula is C11H12FN. The maximum absolute atomic E-state index is 13.1. The van der Waals surface area contributed by atoms with Gasteiger partial charge in [-0.05, 0) is 37.6 Å². The van der Waals surface area contributed by atoms with Gasteiger partial charge in [-0.25, -0.2) is 4.39 Å². The molecule has 1 heterocycles. The molecule has 0 radical (unpaired) electrons. The quantitative estimate of drug-likeness (QED) is 0.583. The number of aromatic nitrogens is 1. The van der Waals surface area contributed by atoms with E-state index in [0.29, 0.717) is 0 Å². The second-order valence-corrected chi connectivity index (χ2v) is 3.50. The molecule has 0 amide bonds. The molecule has 13 heavy (non-hydrogen) atoms. The lowest BCUT2D eigenvalue weighted by atomic mass is 10.1. The predicted molar refractivity (Wildman–Crippen MR) is 52.4 cm³/mol. The minimum absolute atomic E-state index is 0.161. The molecule has 0 aliphatic heterocycles. The maximum Gasteiger partial charge on any atom is 0.125 e. The predicted octanol–water partition coefficient (Wildman–Crippen LogP) is 2.93. The van der Waals surface area contributed by atoms with Crippen LogP contribution in [0.25, 0.3) is 10.9 Å². The van der Waals surface area contributed by atoms with Gasteiger partial charge in [0.2, 0.25) is 0 Å². The van der Waals surface area contributed by atoms with Crippen molar-refractivity contribution in [3.63, 3.8) is 0 Å². The Morgan fingerprint density at radius 1 is 1.15 bits per heavy atom. The average Bonchev–Trinajstić information content (AvgIpc) is 2.32. The largest absolute Gasteiger partial charge is 0.348 e. The molecule has 1 nitrogen and oxygen atoms in total. The van der Waals surface area contributed by atoms with Crippen molar-refractivity contribution >= 4 is 10.9 Å². The van der Waals surface area contributed by atoms with Crippen LogP contribution in [0.4, 0.5) is 4.39 Å². The standard InChI is InChI=1S/C11H12FN/c1-7-4-9(12)6-11-10(7)5-8(2)13(11)3/h4-6H,1-3H3.